The lowest BCUT2D eigenvalue weighted by atomic mass is 10.1. The summed E-state index contributed by atoms with van der Waals surface area (Å²) < 4.78 is 10.6. The van der Waals surface area contributed by atoms with Crippen LogP contribution in [0.5, 0.6) is 0 Å². The van der Waals surface area contributed by atoms with Crippen LogP contribution in [0.15, 0.2) is 16.7 Å². The van der Waals surface area contributed by atoms with Gasteiger partial charge in [-0.05, 0) is 18.1 Å². The Bertz CT molecular complexity index is 681. The van der Waals surface area contributed by atoms with Crippen LogP contribution in [0.4, 0.5) is 0 Å². The zero-order valence-corrected chi connectivity index (χ0v) is 14.4. The van der Waals surface area contributed by atoms with Crippen LogP contribution >= 0.6 is 22.9 Å². The fourth-order valence-electron chi connectivity index (χ4n) is 1.81. The van der Waals surface area contributed by atoms with E-state index in [4.69, 9.17) is 20.9 Å². The third-order valence-electron chi connectivity index (χ3n) is 2.86. The minimum Gasteiger partial charge on any atom is -0.456 e. The highest BCUT2D eigenvalue weighted by Crippen LogP contribution is 2.23. The Morgan fingerprint density at radius 3 is 2.78 bits per heavy atom. The molecule has 0 amide bonds. The zero-order valence-electron chi connectivity index (χ0n) is 12.9. The Labute approximate surface area is 142 Å². The summed E-state index contributed by atoms with van der Waals surface area (Å²) in [7, 11) is 0. The molecule has 0 aromatic carbocycles. The molecular weight excluding hydrogens is 340 g/mol. The van der Waals surface area contributed by atoms with E-state index in [1.54, 1.807) is 12.1 Å². The van der Waals surface area contributed by atoms with Gasteiger partial charge >= 0.3 is 5.97 Å². The molecule has 0 radical (unpaired) electrons. The van der Waals surface area contributed by atoms with Crippen LogP contribution in [0.25, 0.3) is 0 Å². The summed E-state index contributed by atoms with van der Waals surface area (Å²) in [5.74, 6) is 0.654. The summed E-state index contributed by atoms with van der Waals surface area (Å²) in [4.78, 5) is 28.2. The summed E-state index contributed by atoms with van der Waals surface area (Å²) in [6.07, 6.45) is 0.786. The summed E-state index contributed by atoms with van der Waals surface area (Å²) in [6, 6.07) is 3.30. The van der Waals surface area contributed by atoms with Gasteiger partial charge < -0.3 is 9.26 Å². The quantitative estimate of drug-likeness (QED) is 0.530. The van der Waals surface area contributed by atoms with Crippen LogP contribution in [-0.4, -0.2) is 21.9 Å². The maximum absolute atomic E-state index is 11.8. The fourth-order valence-corrected chi connectivity index (χ4v) is 2.82. The molecule has 0 bridgehead atoms. The first-order valence-corrected chi connectivity index (χ1v) is 8.39. The number of carbonyl (C=O) groups is 2. The number of halogens is 1. The molecule has 0 spiro atoms. The first-order chi connectivity index (χ1) is 10.9. The molecule has 8 heteroatoms. The van der Waals surface area contributed by atoms with Crippen LogP contribution in [-0.2, 0) is 22.6 Å². The SMILES string of the molecule is CC(C)Cc1noc(COC(=O)CCC(=O)c2ccc(Cl)s2)n1. The molecule has 0 fully saturated rings. The third kappa shape index (κ3) is 5.76. The molecule has 0 aliphatic carbocycles. The van der Waals surface area contributed by atoms with E-state index in [1.165, 1.54) is 11.3 Å². The average Bonchev–Trinajstić information content (AvgIpc) is 3.11. The Morgan fingerprint density at radius 2 is 2.13 bits per heavy atom. The van der Waals surface area contributed by atoms with Gasteiger partial charge in [0.1, 0.15) is 0 Å². The van der Waals surface area contributed by atoms with Gasteiger partial charge in [-0.3, -0.25) is 9.59 Å². The van der Waals surface area contributed by atoms with Crippen molar-refractivity contribution in [2.45, 2.75) is 39.7 Å². The van der Waals surface area contributed by atoms with E-state index in [0.717, 1.165) is 0 Å². The molecule has 0 saturated carbocycles. The molecular formula is C15H17ClN2O4S. The topological polar surface area (TPSA) is 82.3 Å². The fraction of sp³-hybridized carbons (Fsp3) is 0.467. The zero-order chi connectivity index (χ0) is 16.8. The molecule has 2 aromatic heterocycles. The molecule has 2 heterocycles. The van der Waals surface area contributed by atoms with Gasteiger partial charge in [0, 0.05) is 12.8 Å². The molecule has 0 atom stereocenters. The van der Waals surface area contributed by atoms with Crippen LogP contribution in [0.3, 0.4) is 0 Å². The third-order valence-corrected chi connectivity index (χ3v) is 4.13. The predicted molar refractivity (Wildman–Crippen MR) is 85.5 cm³/mol. The molecule has 2 aromatic rings. The van der Waals surface area contributed by atoms with Crippen LogP contribution in [0, 0.1) is 5.92 Å². The van der Waals surface area contributed by atoms with E-state index < -0.39 is 5.97 Å². The van der Waals surface area contributed by atoms with E-state index in [0.29, 0.717) is 27.4 Å². The second kappa shape index (κ2) is 8.21. The lowest BCUT2D eigenvalue weighted by molar-refractivity contribution is -0.145. The number of nitrogens with zero attached hydrogens (tertiary/aromatic N) is 2. The molecule has 0 N–H and O–H groups in total. The highest BCUT2D eigenvalue weighted by Gasteiger charge is 2.14. The number of aromatic nitrogens is 2. The van der Waals surface area contributed by atoms with Gasteiger partial charge in [-0.1, -0.05) is 30.6 Å². The maximum Gasteiger partial charge on any atom is 0.306 e. The van der Waals surface area contributed by atoms with Crippen LogP contribution in [0.1, 0.15) is 48.1 Å². The number of esters is 1. The van der Waals surface area contributed by atoms with Crippen molar-refractivity contribution in [1.82, 2.24) is 10.1 Å². The van der Waals surface area contributed by atoms with Crippen molar-refractivity contribution < 1.29 is 18.8 Å². The lowest BCUT2D eigenvalue weighted by Crippen LogP contribution is -2.08. The van der Waals surface area contributed by atoms with Gasteiger partial charge in [-0.25, -0.2) is 0 Å². The predicted octanol–water partition coefficient (Wildman–Crippen LogP) is 3.69. The maximum atomic E-state index is 11.8. The number of Topliss-reactive ketones (excluding diaryl/α,β-unsaturated/α-hetero) is 1. The monoisotopic (exact) mass is 356 g/mol. The first kappa shape index (κ1) is 17.6. The number of hydrogen-bond donors (Lipinski definition) is 0. The van der Waals surface area contributed by atoms with E-state index in [-0.39, 0.29) is 31.1 Å². The number of rotatable bonds is 8. The van der Waals surface area contributed by atoms with Crippen LogP contribution in [0.2, 0.25) is 4.34 Å². The van der Waals surface area contributed by atoms with E-state index in [9.17, 15) is 9.59 Å². The highest BCUT2D eigenvalue weighted by molar-refractivity contribution is 7.18. The molecule has 0 unspecified atom stereocenters. The van der Waals surface area contributed by atoms with Crippen molar-refractivity contribution in [3.8, 4) is 0 Å². The van der Waals surface area contributed by atoms with Crippen molar-refractivity contribution in [1.29, 1.82) is 0 Å². The van der Waals surface area contributed by atoms with Gasteiger partial charge in [0.15, 0.2) is 18.2 Å². The van der Waals surface area contributed by atoms with Crippen molar-refractivity contribution >= 4 is 34.7 Å². The van der Waals surface area contributed by atoms with E-state index in [2.05, 4.69) is 10.1 Å². The van der Waals surface area contributed by atoms with Crippen molar-refractivity contribution in [3.05, 3.63) is 33.1 Å². The Hall–Kier alpha value is -1.73. The Kier molecular flexibility index (Phi) is 6.29. The number of ketones is 1. The van der Waals surface area contributed by atoms with Crippen molar-refractivity contribution in [2.75, 3.05) is 0 Å². The average molecular weight is 357 g/mol. The summed E-state index contributed by atoms with van der Waals surface area (Å²) >= 11 is 6.97. The molecule has 124 valence electrons. The van der Waals surface area contributed by atoms with Gasteiger partial charge in [0.05, 0.1) is 15.6 Å². The summed E-state index contributed by atoms with van der Waals surface area (Å²) in [5, 5.41) is 3.81. The van der Waals surface area contributed by atoms with Gasteiger partial charge in [0.25, 0.3) is 5.89 Å². The van der Waals surface area contributed by atoms with Gasteiger partial charge in [-0.2, -0.15) is 4.98 Å². The second-order valence-corrected chi connectivity index (χ2v) is 7.11. The number of ether oxygens (including phenoxy) is 1. The summed E-state index contributed by atoms with van der Waals surface area (Å²) in [6.45, 7) is 4.02. The Balaban J connectivity index is 1.72. The van der Waals surface area contributed by atoms with Crippen molar-refractivity contribution in [2.24, 2.45) is 5.92 Å². The first-order valence-electron chi connectivity index (χ1n) is 7.19. The minimum atomic E-state index is -0.482. The number of carbonyl (C=O) groups excluding carboxylic acids is 2. The lowest BCUT2D eigenvalue weighted by Gasteiger charge is -2.01. The second-order valence-electron chi connectivity index (χ2n) is 5.39. The standard InChI is InChI=1S/C15H17ClN2O4S/c1-9(2)7-13-17-14(22-18-13)8-21-15(20)6-3-10(19)11-4-5-12(16)23-11/h4-5,9H,3,6-8H2,1-2H3. The van der Waals surface area contributed by atoms with E-state index >= 15 is 0 Å². The normalized spacial score (nSPS) is 11.0. The van der Waals surface area contributed by atoms with Crippen LogP contribution < -0.4 is 0 Å². The van der Waals surface area contributed by atoms with E-state index in [1.807, 2.05) is 13.8 Å². The highest BCUT2D eigenvalue weighted by atomic mass is 35.5. The molecule has 23 heavy (non-hydrogen) atoms. The minimum absolute atomic E-state index is 0.00133. The molecule has 2 rings (SSSR count). The smallest absolute Gasteiger partial charge is 0.306 e. The molecule has 6 nitrogen and oxygen atoms in total. The van der Waals surface area contributed by atoms with Gasteiger partial charge in [0.2, 0.25) is 0 Å². The van der Waals surface area contributed by atoms with Gasteiger partial charge in [-0.15, -0.1) is 11.3 Å². The molecule has 0 aliphatic heterocycles. The largest absolute Gasteiger partial charge is 0.456 e. The summed E-state index contributed by atoms with van der Waals surface area (Å²) in [5.41, 5.74) is 0. The Morgan fingerprint density at radius 1 is 1.35 bits per heavy atom. The van der Waals surface area contributed by atoms with Crippen molar-refractivity contribution in [3.63, 3.8) is 0 Å². The number of thiophene rings is 1. The molecule has 0 saturated heterocycles. The molecule has 0 aliphatic rings. The number of hydrogen-bond acceptors (Lipinski definition) is 7.